The summed E-state index contributed by atoms with van der Waals surface area (Å²) in [6.07, 6.45) is 6.17. The number of rotatable bonds is 7. The number of carbonyl (C=O) groups is 1. The zero-order valence-corrected chi connectivity index (χ0v) is 25.3. The van der Waals surface area contributed by atoms with Crippen LogP contribution in [0.4, 0.5) is 5.13 Å². The molecule has 0 spiro atoms. The number of piperazine rings is 1. The van der Waals surface area contributed by atoms with Crippen LogP contribution in [0.1, 0.15) is 57.9 Å². The number of hydrogen-bond acceptors (Lipinski definition) is 7. The Morgan fingerprint density at radius 3 is 2.23 bits per heavy atom. The molecule has 0 bridgehead atoms. The van der Waals surface area contributed by atoms with Gasteiger partial charge in [-0.05, 0) is 49.6 Å². The average molecular weight is 564 g/mol. The molecule has 0 N–H and O–H groups in total. The lowest BCUT2D eigenvalue weighted by Crippen LogP contribution is -2.49. The van der Waals surface area contributed by atoms with Crippen molar-refractivity contribution in [3.63, 3.8) is 0 Å². The fourth-order valence-corrected chi connectivity index (χ4v) is 7.50. The third-order valence-electron chi connectivity index (χ3n) is 9.38. The van der Waals surface area contributed by atoms with Gasteiger partial charge in [0.15, 0.2) is 0 Å². The molecular formula is C31H45N7OS. The van der Waals surface area contributed by atoms with Gasteiger partial charge in [-0.25, -0.2) is 9.50 Å². The first-order chi connectivity index (χ1) is 19.5. The number of fused-ring (bicyclic) bond motifs is 1. The highest BCUT2D eigenvalue weighted by atomic mass is 32.1. The first kappa shape index (κ1) is 27.7. The minimum Gasteiger partial charge on any atom is -0.347 e. The van der Waals surface area contributed by atoms with Crippen LogP contribution in [0.15, 0.2) is 30.5 Å². The van der Waals surface area contributed by atoms with Crippen LogP contribution in [-0.2, 0) is 4.79 Å². The molecule has 0 radical (unpaired) electrons. The highest BCUT2D eigenvalue weighted by Crippen LogP contribution is 2.31. The molecule has 0 saturated carbocycles. The quantitative estimate of drug-likeness (QED) is 0.416. The largest absolute Gasteiger partial charge is 0.347 e. The number of likely N-dealkylation sites (N-methyl/N-ethyl adjacent to an activating group) is 1. The SMILES string of the molecule is CCN1CCN(CC2CCN(C(=O)C3CCN(c4nn5cc(-c6ccc(C(C)C)cc6)nc5s4)CC3)CC2)CC1. The number of amides is 1. The number of aromatic nitrogens is 3. The highest BCUT2D eigenvalue weighted by Gasteiger charge is 2.32. The fraction of sp³-hybridized carbons (Fsp3) is 0.645. The second-order valence-corrected chi connectivity index (χ2v) is 13.2. The van der Waals surface area contributed by atoms with Crippen LogP contribution in [0.5, 0.6) is 0 Å². The standard InChI is InChI=1S/C31H45N7OS/c1-4-34-17-19-35(20-18-34)21-24-9-13-36(14-10-24)29(39)27-11-15-37(16-12-27)31-33-38-22-28(32-30(38)40-31)26-7-5-25(6-8-26)23(2)3/h5-8,22-24,27H,4,9-21H2,1-3H3. The maximum Gasteiger partial charge on any atom is 0.225 e. The van der Waals surface area contributed by atoms with Gasteiger partial charge >= 0.3 is 0 Å². The molecule has 8 nitrogen and oxygen atoms in total. The van der Waals surface area contributed by atoms with Gasteiger partial charge in [-0.3, -0.25) is 4.79 Å². The number of imidazole rings is 1. The van der Waals surface area contributed by atoms with Crippen molar-refractivity contribution in [1.29, 1.82) is 0 Å². The molecule has 1 aromatic carbocycles. The summed E-state index contributed by atoms with van der Waals surface area (Å²) in [5.74, 6) is 1.80. The molecule has 3 aliphatic rings. The van der Waals surface area contributed by atoms with Gasteiger partial charge in [-0.15, -0.1) is 5.10 Å². The third kappa shape index (κ3) is 6.06. The first-order valence-corrected chi connectivity index (χ1v) is 16.2. The molecule has 216 valence electrons. The third-order valence-corrected chi connectivity index (χ3v) is 10.4. The van der Waals surface area contributed by atoms with Gasteiger partial charge in [0.2, 0.25) is 16.0 Å². The van der Waals surface area contributed by atoms with Crippen molar-refractivity contribution in [3.05, 3.63) is 36.0 Å². The Morgan fingerprint density at radius 2 is 1.60 bits per heavy atom. The van der Waals surface area contributed by atoms with Crippen LogP contribution in [-0.4, -0.2) is 101 Å². The molecule has 0 aliphatic carbocycles. The second-order valence-electron chi connectivity index (χ2n) is 12.3. The molecule has 9 heteroatoms. The van der Waals surface area contributed by atoms with Gasteiger partial charge in [0.25, 0.3) is 0 Å². The van der Waals surface area contributed by atoms with Crippen LogP contribution < -0.4 is 4.90 Å². The molecule has 3 fully saturated rings. The van der Waals surface area contributed by atoms with E-state index >= 15 is 0 Å². The predicted molar refractivity (Wildman–Crippen MR) is 163 cm³/mol. The van der Waals surface area contributed by atoms with E-state index in [2.05, 4.69) is 64.6 Å². The minimum absolute atomic E-state index is 0.152. The normalized spacial score (nSPS) is 20.7. The second kappa shape index (κ2) is 12.2. The Hall–Kier alpha value is -2.49. The number of nitrogens with zero attached hydrogens (tertiary/aromatic N) is 7. The van der Waals surface area contributed by atoms with Crippen LogP contribution in [0.25, 0.3) is 16.2 Å². The minimum atomic E-state index is 0.152. The lowest BCUT2D eigenvalue weighted by molar-refractivity contribution is -0.137. The van der Waals surface area contributed by atoms with E-state index in [9.17, 15) is 4.79 Å². The van der Waals surface area contributed by atoms with E-state index < -0.39 is 0 Å². The molecule has 5 heterocycles. The van der Waals surface area contributed by atoms with E-state index in [-0.39, 0.29) is 5.92 Å². The summed E-state index contributed by atoms with van der Waals surface area (Å²) in [5, 5.41) is 5.86. The van der Waals surface area contributed by atoms with Crippen LogP contribution >= 0.6 is 11.3 Å². The summed E-state index contributed by atoms with van der Waals surface area (Å²) in [5.41, 5.74) is 3.43. The Balaban J connectivity index is 0.969. The maximum atomic E-state index is 13.4. The first-order valence-electron chi connectivity index (χ1n) is 15.4. The summed E-state index contributed by atoms with van der Waals surface area (Å²) in [4.78, 5) is 28.8. The van der Waals surface area contributed by atoms with E-state index in [0.29, 0.717) is 11.8 Å². The number of carbonyl (C=O) groups excluding carboxylic acids is 1. The molecule has 0 atom stereocenters. The monoisotopic (exact) mass is 563 g/mol. The number of anilines is 1. The molecule has 3 saturated heterocycles. The topological polar surface area (TPSA) is 60.2 Å². The van der Waals surface area contributed by atoms with Crippen LogP contribution in [0.2, 0.25) is 0 Å². The number of hydrogen-bond donors (Lipinski definition) is 0. The van der Waals surface area contributed by atoms with Gasteiger partial charge in [0.1, 0.15) is 0 Å². The summed E-state index contributed by atoms with van der Waals surface area (Å²) in [6, 6.07) is 8.69. The van der Waals surface area contributed by atoms with Crippen molar-refractivity contribution in [2.24, 2.45) is 11.8 Å². The van der Waals surface area contributed by atoms with Crippen molar-refractivity contribution >= 4 is 27.3 Å². The van der Waals surface area contributed by atoms with Crippen molar-refractivity contribution in [2.45, 2.75) is 52.4 Å². The Bertz CT molecular complexity index is 1230. The Kier molecular flexibility index (Phi) is 8.42. The summed E-state index contributed by atoms with van der Waals surface area (Å²) >= 11 is 1.65. The number of benzene rings is 1. The molecule has 3 aromatic rings. The van der Waals surface area contributed by atoms with Crippen molar-refractivity contribution in [2.75, 3.05) is 70.3 Å². The van der Waals surface area contributed by atoms with Gasteiger partial charge in [0, 0.05) is 70.4 Å². The van der Waals surface area contributed by atoms with E-state index in [1.165, 1.54) is 44.8 Å². The van der Waals surface area contributed by atoms with E-state index in [1.807, 2.05) is 10.7 Å². The number of likely N-dealkylation sites (tertiary alicyclic amines) is 1. The summed E-state index contributed by atoms with van der Waals surface area (Å²) in [7, 11) is 0. The lowest BCUT2D eigenvalue weighted by Gasteiger charge is -2.40. The Morgan fingerprint density at radius 1 is 0.925 bits per heavy atom. The van der Waals surface area contributed by atoms with Crippen molar-refractivity contribution in [3.8, 4) is 11.3 Å². The maximum absolute atomic E-state index is 13.4. The number of piperidine rings is 2. The zero-order valence-electron chi connectivity index (χ0n) is 24.5. The van der Waals surface area contributed by atoms with E-state index in [1.54, 1.807) is 11.3 Å². The average Bonchev–Trinajstić information content (AvgIpc) is 3.58. The smallest absolute Gasteiger partial charge is 0.225 e. The molecule has 2 aromatic heterocycles. The molecule has 1 amide bonds. The molecular weight excluding hydrogens is 518 g/mol. The van der Waals surface area contributed by atoms with Crippen molar-refractivity contribution < 1.29 is 4.79 Å². The molecule has 40 heavy (non-hydrogen) atoms. The summed E-state index contributed by atoms with van der Waals surface area (Å²) < 4.78 is 1.91. The van der Waals surface area contributed by atoms with Crippen molar-refractivity contribution in [1.82, 2.24) is 29.3 Å². The van der Waals surface area contributed by atoms with Gasteiger partial charge in [0.05, 0.1) is 11.9 Å². The van der Waals surface area contributed by atoms with E-state index in [0.717, 1.165) is 79.1 Å². The van der Waals surface area contributed by atoms with Gasteiger partial charge in [-0.1, -0.05) is 56.4 Å². The Labute approximate surface area is 243 Å². The highest BCUT2D eigenvalue weighted by molar-refractivity contribution is 7.20. The zero-order chi connectivity index (χ0) is 27.6. The van der Waals surface area contributed by atoms with Gasteiger partial charge < -0.3 is 19.6 Å². The lowest BCUT2D eigenvalue weighted by atomic mass is 9.92. The van der Waals surface area contributed by atoms with E-state index in [4.69, 9.17) is 10.1 Å². The van der Waals surface area contributed by atoms with Crippen LogP contribution in [0.3, 0.4) is 0 Å². The predicted octanol–water partition coefficient (Wildman–Crippen LogP) is 4.67. The van der Waals surface area contributed by atoms with Crippen LogP contribution in [0, 0.1) is 11.8 Å². The summed E-state index contributed by atoms with van der Waals surface area (Å²) in [6.45, 7) is 17.5. The molecule has 6 rings (SSSR count). The molecule has 0 unspecified atom stereocenters. The molecule has 3 aliphatic heterocycles. The van der Waals surface area contributed by atoms with Gasteiger partial charge in [-0.2, -0.15) is 0 Å². The fourth-order valence-electron chi connectivity index (χ4n) is 6.56.